The standard InChI is InChI=1S/C4H5O3PS/c5-8(6,7)4-1-2-9-3-4/h1-3H,(H2,5,6,7). The molecule has 9 heavy (non-hydrogen) atoms. The van der Waals surface area contributed by atoms with Crippen LogP contribution in [0.3, 0.4) is 0 Å². The SMILES string of the molecule is O=P(O)(O)c1ccsc1. The van der Waals surface area contributed by atoms with Crippen molar-refractivity contribution in [2.24, 2.45) is 0 Å². The lowest BCUT2D eigenvalue weighted by Crippen LogP contribution is -1.97. The van der Waals surface area contributed by atoms with Gasteiger partial charge in [-0.05, 0) is 11.4 Å². The number of rotatable bonds is 1. The van der Waals surface area contributed by atoms with E-state index >= 15 is 0 Å². The van der Waals surface area contributed by atoms with Crippen molar-refractivity contribution in [2.75, 3.05) is 0 Å². The molecular weight excluding hydrogens is 159 g/mol. The fourth-order valence-corrected chi connectivity index (χ4v) is 2.05. The lowest BCUT2D eigenvalue weighted by atomic mass is 10.7. The van der Waals surface area contributed by atoms with Crippen molar-refractivity contribution < 1.29 is 14.4 Å². The van der Waals surface area contributed by atoms with Gasteiger partial charge in [0.2, 0.25) is 0 Å². The van der Waals surface area contributed by atoms with Gasteiger partial charge in [0, 0.05) is 5.38 Å². The molecule has 1 rings (SSSR count). The molecule has 1 aromatic heterocycles. The van der Waals surface area contributed by atoms with Gasteiger partial charge in [0.05, 0.1) is 5.30 Å². The molecule has 3 nitrogen and oxygen atoms in total. The van der Waals surface area contributed by atoms with Crippen LogP contribution in [0.25, 0.3) is 0 Å². The molecule has 0 aliphatic rings. The third-order valence-electron chi connectivity index (χ3n) is 0.843. The molecule has 5 heteroatoms. The highest BCUT2D eigenvalue weighted by Gasteiger charge is 2.15. The molecule has 0 unspecified atom stereocenters. The van der Waals surface area contributed by atoms with Crippen LogP contribution in [-0.4, -0.2) is 9.79 Å². The van der Waals surface area contributed by atoms with E-state index in [1.165, 1.54) is 22.8 Å². The van der Waals surface area contributed by atoms with Crippen LogP contribution >= 0.6 is 18.9 Å². The number of hydrogen-bond donors (Lipinski definition) is 2. The largest absolute Gasteiger partial charge is 0.357 e. The summed E-state index contributed by atoms with van der Waals surface area (Å²) >= 11 is 1.27. The van der Waals surface area contributed by atoms with Crippen LogP contribution in [0.2, 0.25) is 0 Å². The fraction of sp³-hybridized carbons (Fsp3) is 0. The lowest BCUT2D eigenvalue weighted by molar-refractivity contribution is 0.387. The Kier molecular flexibility index (Phi) is 1.73. The van der Waals surface area contributed by atoms with E-state index in [0.29, 0.717) is 0 Å². The van der Waals surface area contributed by atoms with Gasteiger partial charge in [0.15, 0.2) is 0 Å². The predicted octanol–water partition coefficient (Wildman–Crippen LogP) is 0.551. The summed E-state index contributed by atoms with van der Waals surface area (Å²) in [6, 6.07) is 1.42. The summed E-state index contributed by atoms with van der Waals surface area (Å²) in [6.07, 6.45) is 0. The molecule has 0 aromatic carbocycles. The Morgan fingerprint density at radius 1 is 1.56 bits per heavy atom. The smallest absolute Gasteiger partial charge is 0.321 e. The molecule has 0 aliphatic carbocycles. The Morgan fingerprint density at radius 3 is 2.44 bits per heavy atom. The van der Waals surface area contributed by atoms with Crippen LogP contribution < -0.4 is 5.30 Å². The van der Waals surface area contributed by atoms with Gasteiger partial charge in [-0.2, -0.15) is 11.3 Å². The second-order valence-electron chi connectivity index (χ2n) is 1.53. The maximum absolute atomic E-state index is 10.4. The molecular formula is C4H5O3PS. The second-order valence-corrected chi connectivity index (χ2v) is 3.91. The second kappa shape index (κ2) is 2.23. The highest BCUT2D eigenvalue weighted by Crippen LogP contribution is 2.33. The molecule has 0 bridgehead atoms. The summed E-state index contributed by atoms with van der Waals surface area (Å²) in [7, 11) is -3.96. The van der Waals surface area contributed by atoms with Crippen LogP contribution in [-0.2, 0) is 4.57 Å². The Hall–Kier alpha value is -0.150. The molecule has 2 N–H and O–H groups in total. The van der Waals surface area contributed by atoms with Crippen molar-refractivity contribution in [3.63, 3.8) is 0 Å². The maximum atomic E-state index is 10.4. The molecule has 0 radical (unpaired) electrons. The van der Waals surface area contributed by atoms with Crippen LogP contribution in [0.5, 0.6) is 0 Å². The molecule has 0 aliphatic heterocycles. The van der Waals surface area contributed by atoms with Crippen molar-refractivity contribution in [3.8, 4) is 0 Å². The zero-order valence-corrected chi connectivity index (χ0v) is 6.10. The molecule has 1 heterocycles. The molecule has 0 saturated heterocycles. The van der Waals surface area contributed by atoms with Crippen molar-refractivity contribution in [1.82, 2.24) is 0 Å². The number of thiophene rings is 1. The van der Waals surface area contributed by atoms with E-state index in [1.54, 1.807) is 5.38 Å². The summed E-state index contributed by atoms with van der Waals surface area (Å²) < 4.78 is 10.4. The van der Waals surface area contributed by atoms with E-state index in [1.807, 2.05) is 0 Å². The quantitative estimate of drug-likeness (QED) is 0.596. The predicted molar refractivity (Wildman–Crippen MR) is 36.0 cm³/mol. The molecule has 0 saturated carbocycles. The molecule has 0 amide bonds. The van der Waals surface area contributed by atoms with Crippen molar-refractivity contribution in [2.45, 2.75) is 0 Å². The minimum atomic E-state index is -3.96. The first-order valence-corrected chi connectivity index (χ1v) is 4.74. The first-order chi connectivity index (χ1) is 4.11. The average molecular weight is 164 g/mol. The third kappa shape index (κ3) is 1.63. The van der Waals surface area contributed by atoms with Crippen LogP contribution in [0.4, 0.5) is 0 Å². The Morgan fingerprint density at radius 2 is 2.22 bits per heavy atom. The average Bonchev–Trinajstić information content (AvgIpc) is 2.08. The zero-order valence-electron chi connectivity index (χ0n) is 4.39. The minimum Gasteiger partial charge on any atom is -0.321 e. The summed E-state index contributed by atoms with van der Waals surface area (Å²) in [5, 5.41) is 3.18. The van der Waals surface area contributed by atoms with Gasteiger partial charge in [-0.3, -0.25) is 4.57 Å². The first kappa shape index (κ1) is 6.96. The van der Waals surface area contributed by atoms with Gasteiger partial charge in [0.1, 0.15) is 0 Å². The molecule has 0 spiro atoms. The highest BCUT2D eigenvalue weighted by atomic mass is 32.1. The highest BCUT2D eigenvalue weighted by molar-refractivity contribution is 7.60. The normalized spacial score (nSPS) is 11.8. The van der Waals surface area contributed by atoms with Gasteiger partial charge in [-0.15, -0.1) is 0 Å². The van der Waals surface area contributed by atoms with E-state index in [-0.39, 0.29) is 5.30 Å². The van der Waals surface area contributed by atoms with Crippen molar-refractivity contribution >= 4 is 24.2 Å². The monoisotopic (exact) mass is 164 g/mol. The van der Waals surface area contributed by atoms with Crippen LogP contribution in [0, 0.1) is 0 Å². The molecule has 1 aromatic rings. The van der Waals surface area contributed by atoms with Gasteiger partial charge < -0.3 is 9.79 Å². The van der Waals surface area contributed by atoms with E-state index in [2.05, 4.69) is 0 Å². The molecule has 50 valence electrons. The van der Waals surface area contributed by atoms with Gasteiger partial charge in [-0.1, -0.05) is 0 Å². The summed E-state index contributed by atoms with van der Waals surface area (Å²) in [4.78, 5) is 17.0. The van der Waals surface area contributed by atoms with E-state index in [0.717, 1.165) is 0 Å². The molecule has 0 fully saturated rings. The Labute approximate surface area is 56.1 Å². The summed E-state index contributed by atoms with van der Waals surface area (Å²) in [5.41, 5.74) is 0. The maximum Gasteiger partial charge on any atom is 0.357 e. The van der Waals surface area contributed by atoms with Gasteiger partial charge >= 0.3 is 7.60 Å². The minimum absolute atomic E-state index is 0.104. The third-order valence-corrected chi connectivity index (χ3v) is 2.65. The van der Waals surface area contributed by atoms with Gasteiger partial charge in [-0.25, -0.2) is 0 Å². The zero-order chi connectivity index (χ0) is 6.91. The topological polar surface area (TPSA) is 57.5 Å². The first-order valence-electron chi connectivity index (χ1n) is 2.19. The summed E-state index contributed by atoms with van der Waals surface area (Å²) in [6.45, 7) is 0. The lowest BCUT2D eigenvalue weighted by Gasteiger charge is -1.96. The van der Waals surface area contributed by atoms with Gasteiger partial charge in [0.25, 0.3) is 0 Å². The van der Waals surface area contributed by atoms with Crippen LogP contribution in [0.15, 0.2) is 16.8 Å². The van der Waals surface area contributed by atoms with Crippen molar-refractivity contribution in [1.29, 1.82) is 0 Å². The number of hydrogen-bond acceptors (Lipinski definition) is 2. The van der Waals surface area contributed by atoms with E-state index < -0.39 is 7.60 Å². The Balaban J connectivity index is 3.04. The molecule has 0 atom stereocenters. The van der Waals surface area contributed by atoms with Crippen LogP contribution in [0.1, 0.15) is 0 Å². The Bertz CT molecular complexity index is 224. The van der Waals surface area contributed by atoms with E-state index in [9.17, 15) is 4.57 Å². The van der Waals surface area contributed by atoms with Crippen molar-refractivity contribution in [3.05, 3.63) is 16.8 Å². The van der Waals surface area contributed by atoms with E-state index in [4.69, 9.17) is 9.79 Å². The summed E-state index contributed by atoms with van der Waals surface area (Å²) in [5.74, 6) is 0. The fourth-order valence-electron chi connectivity index (χ4n) is 0.423.